The first-order chi connectivity index (χ1) is 8.02. The van der Waals surface area contributed by atoms with Gasteiger partial charge in [-0.1, -0.05) is 0 Å². The Labute approximate surface area is 98.7 Å². The molecular formula is C12H14O5. The van der Waals surface area contributed by atoms with Crippen LogP contribution in [-0.4, -0.2) is 23.7 Å². The first-order valence-corrected chi connectivity index (χ1v) is 5.17. The van der Waals surface area contributed by atoms with E-state index in [1.807, 2.05) is 0 Å². The molecule has 0 aromatic carbocycles. The minimum atomic E-state index is -1.08. The molecule has 1 aromatic heterocycles. The predicted octanol–water partition coefficient (Wildman–Crippen LogP) is 2.01. The molecule has 0 unspecified atom stereocenters. The van der Waals surface area contributed by atoms with E-state index in [0.717, 1.165) is 0 Å². The third-order valence-electron chi connectivity index (χ3n) is 1.97. The molecule has 0 aliphatic rings. The van der Waals surface area contributed by atoms with Crippen molar-refractivity contribution in [2.75, 3.05) is 6.61 Å². The van der Waals surface area contributed by atoms with Gasteiger partial charge >= 0.3 is 11.9 Å². The minimum absolute atomic E-state index is 0.0974. The van der Waals surface area contributed by atoms with Crippen molar-refractivity contribution in [2.24, 2.45) is 0 Å². The molecule has 0 aliphatic carbocycles. The summed E-state index contributed by atoms with van der Waals surface area (Å²) in [5.74, 6) is -1.01. The molecule has 0 aliphatic heterocycles. The quantitative estimate of drug-likeness (QED) is 0.627. The van der Waals surface area contributed by atoms with Crippen LogP contribution < -0.4 is 0 Å². The van der Waals surface area contributed by atoms with Gasteiger partial charge in [0.25, 0.3) is 0 Å². The second-order valence-corrected chi connectivity index (χ2v) is 3.45. The number of esters is 1. The summed E-state index contributed by atoms with van der Waals surface area (Å²) < 4.78 is 9.85. The topological polar surface area (TPSA) is 76.7 Å². The lowest BCUT2D eigenvalue weighted by molar-refractivity contribution is -0.142. The molecule has 0 spiro atoms. The highest BCUT2D eigenvalue weighted by molar-refractivity contribution is 5.97. The van der Waals surface area contributed by atoms with Gasteiger partial charge in [0.1, 0.15) is 5.76 Å². The molecule has 1 aromatic rings. The standard InChI is InChI=1S/C12H14O5/c1-3-16-12(15)10(6-11(13)14)5-9-4-8(2)17-7-9/h4-5,7H,3,6H2,1-2H3,(H,13,14)/b10-5+. The number of carboxylic acids is 1. The van der Waals surface area contributed by atoms with Gasteiger partial charge in [0.15, 0.2) is 0 Å². The maximum Gasteiger partial charge on any atom is 0.334 e. The number of carboxylic acid groups (broad SMARTS) is 1. The van der Waals surface area contributed by atoms with Crippen molar-refractivity contribution in [3.05, 3.63) is 29.2 Å². The van der Waals surface area contributed by atoms with E-state index in [0.29, 0.717) is 11.3 Å². The molecular weight excluding hydrogens is 224 g/mol. The van der Waals surface area contributed by atoms with Crippen LogP contribution >= 0.6 is 0 Å². The van der Waals surface area contributed by atoms with Gasteiger partial charge in [0.2, 0.25) is 0 Å². The van der Waals surface area contributed by atoms with Crippen molar-refractivity contribution >= 4 is 18.0 Å². The zero-order valence-electron chi connectivity index (χ0n) is 9.73. The van der Waals surface area contributed by atoms with Gasteiger partial charge < -0.3 is 14.3 Å². The molecule has 0 fully saturated rings. The Bertz CT molecular complexity index is 442. The molecule has 0 bridgehead atoms. The lowest BCUT2D eigenvalue weighted by atomic mass is 10.1. The van der Waals surface area contributed by atoms with Crippen molar-refractivity contribution in [3.8, 4) is 0 Å². The highest BCUT2D eigenvalue weighted by Crippen LogP contribution is 2.14. The number of carbonyl (C=O) groups excluding carboxylic acids is 1. The first-order valence-electron chi connectivity index (χ1n) is 5.17. The highest BCUT2D eigenvalue weighted by atomic mass is 16.5. The number of aryl methyl sites for hydroxylation is 1. The number of furan rings is 1. The van der Waals surface area contributed by atoms with Crippen molar-refractivity contribution < 1.29 is 23.8 Å². The number of carbonyl (C=O) groups is 2. The summed E-state index contributed by atoms with van der Waals surface area (Å²) in [5.41, 5.74) is 0.743. The maximum absolute atomic E-state index is 11.5. The zero-order valence-corrected chi connectivity index (χ0v) is 9.73. The Kier molecular flexibility index (Phi) is 4.51. The molecule has 0 amide bonds. The van der Waals surface area contributed by atoms with Crippen LogP contribution in [0.2, 0.25) is 0 Å². The second kappa shape index (κ2) is 5.89. The number of rotatable bonds is 5. The normalized spacial score (nSPS) is 11.3. The summed E-state index contributed by atoms with van der Waals surface area (Å²) in [7, 11) is 0. The summed E-state index contributed by atoms with van der Waals surface area (Å²) >= 11 is 0. The Hall–Kier alpha value is -2.04. The van der Waals surface area contributed by atoms with E-state index in [1.54, 1.807) is 19.9 Å². The molecule has 0 saturated carbocycles. The number of aliphatic carboxylic acids is 1. The van der Waals surface area contributed by atoms with Gasteiger partial charge in [0.05, 0.1) is 19.3 Å². The molecule has 1 rings (SSSR count). The summed E-state index contributed by atoms with van der Waals surface area (Å²) in [5, 5.41) is 8.71. The van der Waals surface area contributed by atoms with Crippen molar-refractivity contribution in [3.63, 3.8) is 0 Å². The minimum Gasteiger partial charge on any atom is -0.481 e. The van der Waals surface area contributed by atoms with Gasteiger partial charge in [-0.05, 0) is 26.0 Å². The number of hydrogen-bond donors (Lipinski definition) is 1. The number of ether oxygens (including phenoxy) is 1. The maximum atomic E-state index is 11.5. The van der Waals surface area contributed by atoms with Gasteiger partial charge in [0, 0.05) is 11.1 Å². The average molecular weight is 238 g/mol. The predicted molar refractivity (Wildman–Crippen MR) is 60.3 cm³/mol. The summed E-state index contributed by atoms with van der Waals surface area (Å²) in [6, 6.07) is 1.71. The van der Waals surface area contributed by atoms with E-state index in [2.05, 4.69) is 0 Å². The monoisotopic (exact) mass is 238 g/mol. The molecule has 17 heavy (non-hydrogen) atoms. The van der Waals surface area contributed by atoms with Gasteiger partial charge in [-0.3, -0.25) is 4.79 Å². The van der Waals surface area contributed by atoms with Crippen molar-refractivity contribution in [1.82, 2.24) is 0 Å². The van der Waals surface area contributed by atoms with E-state index in [1.165, 1.54) is 12.3 Å². The Morgan fingerprint density at radius 2 is 2.24 bits per heavy atom. The molecule has 1 heterocycles. The van der Waals surface area contributed by atoms with E-state index >= 15 is 0 Å². The first kappa shape index (κ1) is 13.0. The van der Waals surface area contributed by atoms with Gasteiger partial charge in [-0.25, -0.2) is 4.79 Å². The van der Waals surface area contributed by atoms with E-state index < -0.39 is 11.9 Å². The number of hydrogen-bond acceptors (Lipinski definition) is 4. The lowest BCUT2D eigenvalue weighted by Gasteiger charge is -2.03. The van der Waals surface area contributed by atoms with Crippen molar-refractivity contribution in [2.45, 2.75) is 20.3 Å². The third-order valence-corrected chi connectivity index (χ3v) is 1.97. The van der Waals surface area contributed by atoms with Gasteiger partial charge in [-0.15, -0.1) is 0 Å². The molecule has 5 nitrogen and oxygen atoms in total. The lowest BCUT2D eigenvalue weighted by Crippen LogP contribution is -2.11. The average Bonchev–Trinajstić information content (AvgIpc) is 2.63. The van der Waals surface area contributed by atoms with Gasteiger partial charge in [-0.2, -0.15) is 0 Å². The highest BCUT2D eigenvalue weighted by Gasteiger charge is 2.14. The van der Waals surface area contributed by atoms with Crippen LogP contribution in [0.1, 0.15) is 24.7 Å². The van der Waals surface area contributed by atoms with Crippen molar-refractivity contribution in [1.29, 1.82) is 0 Å². The Balaban J connectivity index is 2.92. The summed E-state index contributed by atoms with van der Waals surface area (Å²) in [6.07, 6.45) is 2.54. The van der Waals surface area contributed by atoms with Crippen LogP contribution in [-0.2, 0) is 14.3 Å². The fourth-order valence-corrected chi connectivity index (χ4v) is 1.31. The second-order valence-electron chi connectivity index (χ2n) is 3.45. The van der Waals surface area contributed by atoms with Crippen LogP contribution in [0.4, 0.5) is 0 Å². The third kappa shape index (κ3) is 4.14. The molecule has 5 heteroatoms. The Morgan fingerprint density at radius 1 is 1.53 bits per heavy atom. The SMILES string of the molecule is CCOC(=O)/C(=C/c1coc(C)c1)CC(=O)O. The van der Waals surface area contributed by atoms with E-state index in [9.17, 15) is 9.59 Å². The molecule has 0 saturated heterocycles. The fraction of sp³-hybridized carbons (Fsp3) is 0.333. The fourth-order valence-electron chi connectivity index (χ4n) is 1.31. The summed E-state index contributed by atoms with van der Waals surface area (Å²) in [4.78, 5) is 22.1. The van der Waals surface area contributed by atoms with Crippen LogP contribution in [0, 0.1) is 6.92 Å². The summed E-state index contributed by atoms with van der Waals surface area (Å²) in [6.45, 7) is 3.64. The van der Waals surface area contributed by atoms with Crippen LogP contribution in [0.3, 0.4) is 0 Å². The van der Waals surface area contributed by atoms with E-state index in [4.69, 9.17) is 14.3 Å². The molecule has 92 valence electrons. The molecule has 0 radical (unpaired) electrons. The van der Waals surface area contributed by atoms with E-state index in [-0.39, 0.29) is 18.6 Å². The zero-order chi connectivity index (χ0) is 12.8. The molecule has 1 N–H and O–H groups in total. The smallest absolute Gasteiger partial charge is 0.334 e. The molecule has 0 atom stereocenters. The van der Waals surface area contributed by atoms with Crippen LogP contribution in [0.15, 0.2) is 22.3 Å². The largest absolute Gasteiger partial charge is 0.481 e. The van der Waals surface area contributed by atoms with Crippen LogP contribution in [0.5, 0.6) is 0 Å². The van der Waals surface area contributed by atoms with Crippen LogP contribution in [0.25, 0.3) is 6.08 Å². The Morgan fingerprint density at radius 3 is 2.71 bits per heavy atom.